The van der Waals surface area contributed by atoms with Crippen molar-refractivity contribution < 1.29 is 4.79 Å². The van der Waals surface area contributed by atoms with Crippen molar-refractivity contribution in [3.63, 3.8) is 0 Å². The van der Waals surface area contributed by atoms with E-state index in [0.29, 0.717) is 0 Å². The molecule has 3 nitrogen and oxygen atoms in total. The van der Waals surface area contributed by atoms with Gasteiger partial charge in [0.1, 0.15) is 0 Å². The molecule has 0 saturated carbocycles. The highest BCUT2D eigenvalue weighted by atomic mass is 16.1. The molecular weight excluding hydrogens is 212 g/mol. The number of unbranched alkanes of at least 4 members (excludes halogenated alkanes) is 8. The zero-order valence-electron chi connectivity index (χ0n) is 11.7. The summed E-state index contributed by atoms with van der Waals surface area (Å²) in [7, 11) is 2.01. The first-order valence-corrected chi connectivity index (χ1v) is 7.16. The fourth-order valence-electron chi connectivity index (χ4n) is 1.93. The molecule has 17 heavy (non-hydrogen) atoms. The average Bonchev–Trinajstić information content (AvgIpc) is 2.30. The molecule has 2 N–H and O–H groups in total. The van der Waals surface area contributed by atoms with Crippen LogP contribution in [0.2, 0.25) is 0 Å². The SMILES string of the molecule is CNCCCCCCCCCCCNC(C)=O. The summed E-state index contributed by atoms with van der Waals surface area (Å²) in [5.41, 5.74) is 0. The van der Waals surface area contributed by atoms with E-state index in [4.69, 9.17) is 0 Å². The molecule has 0 aliphatic heterocycles. The Balaban J connectivity index is 2.91. The van der Waals surface area contributed by atoms with Crippen molar-refractivity contribution in [2.24, 2.45) is 0 Å². The summed E-state index contributed by atoms with van der Waals surface area (Å²) >= 11 is 0. The number of rotatable bonds is 12. The number of carbonyl (C=O) groups excluding carboxylic acids is 1. The number of hydrogen-bond acceptors (Lipinski definition) is 2. The summed E-state index contributed by atoms with van der Waals surface area (Å²) < 4.78 is 0. The van der Waals surface area contributed by atoms with Gasteiger partial charge in [-0.1, -0.05) is 44.9 Å². The zero-order valence-corrected chi connectivity index (χ0v) is 11.7. The van der Waals surface area contributed by atoms with Crippen LogP contribution in [0.25, 0.3) is 0 Å². The molecular formula is C14H30N2O. The van der Waals surface area contributed by atoms with Gasteiger partial charge >= 0.3 is 0 Å². The van der Waals surface area contributed by atoms with E-state index in [1.165, 1.54) is 51.4 Å². The second kappa shape index (κ2) is 13.5. The Morgan fingerprint density at radius 3 is 1.59 bits per heavy atom. The summed E-state index contributed by atoms with van der Waals surface area (Å²) in [4.78, 5) is 10.6. The second-order valence-electron chi connectivity index (χ2n) is 4.77. The normalized spacial score (nSPS) is 10.5. The van der Waals surface area contributed by atoms with Gasteiger partial charge in [0.15, 0.2) is 0 Å². The molecule has 0 radical (unpaired) electrons. The highest BCUT2D eigenvalue weighted by molar-refractivity contribution is 5.72. The van der Waals surface area contributed by atoms with E-state index in [2.05, 4.69) is 10.6 Å². The molecule has 1 amide bonds. The highest BCUT2D eigenvalue weighted by Gasteiger charge is 1.93. The first-order valence-electron chi connectivity index (χ1n) is 7.16. The van der Waals surface area contributed by atoms with Crippen LogP contribution in [0.15, 0.2) is 0 Å². The molecule has 0 spiro atoms. The van der Waals surface area contributed by atoms with Gasteiger partial charge in [0, 0.05) is 13.5 Å². The Hall–Kier alpha value is -0.570. The lowest BCUT2D eigenvalue weighted by molar-refractivity contribution is -0.118. The van der Waals surface area contributed by atoms with Crippen molar-refractivity contribution in [1.82, 2.24) is 10.6 Å². The van der Waals surface area contributed by atoms with Gasteiger partial charge in [0.05, 0.1) is 0 Å². The Kier molecular flexibility index (Phi) is 13.0. The maximum Gasteiger partial charge on any atom is 0.216 e. The number of nitrogens with one attached hydrogen (secondary N) is 2. The van der Waals surface area contributed by atoms with Crippen molar-refractivity contribution in [2.75, 3.05) is 20.1 Å². The predicted molar refractivity (Wildman–Crippen MR) is 74.2 cm³/mol. The van der Waals surface area contributed by atoms with Crippen LogP contribution in [0.1, 0.15) is 64.7 Å². The monoisotopic (exact) mass is 242 g/mol. The maximum atomic E-state index is 10.6. The Morgan fingerprint density at radius 2 is 1.18 bits per heavy atom. The molecule has 0 aliphatic rings. The molecule has 0 rings (SSSR count). The number of hydrogen-bond donors (Lipinski definition) is 2. The average molecular weight is 242 g/mol. The molecule has 0 heterocycles. The molecule has 102 valence electrons. The van der Waals surface area contributed by atoms with Gasteiger partial charge in [-0.15, -0.1) is 0 Å². The molecule has 3 heteroatoms. The van der Waals surface area contributed by atoms with Crippen LogP contribution in [0, 0.1) is 0 Å². The quantitative estimate of drug-likeness (QED) is 0.517. The minimum absolute atomic E-state index is 0.0894. The van der Waals surface area contributed by atoms with Crippen molar-refractivity contribution in [1.29, 1.82) is 0 Å². The smallest absolute Gasteiger partial charge is 0.216 e. The summed E-state index contributed by atoms with van der Waals surface area (Å²) in [6, 6.07) is 0. The summed E-state index contributed by atoms with van der Waals surface area (Å²) in [6.45, 7) is 3.58. The highest BCUT2D eigenvalue weighted by Crippen LogP contribution is 2.09. The lowest BCUT2D eigenvalue weighted by Crippen LogP contribution is -2.20. The van der Waals surface area contributed by atoms with Crippen molar-refractivity contribution in [3.8, 4) is 0 Å². The van der Waals surface area contributed by atoms with E-state index in [1.807, 2.05) is 7.05 Å². The number of amides is 1. The van der Waals surface area contributed by atoms with Gasteiger partial charge in [0.2, 0.25) is 5.91 Å². The Labute approximate surface area is 107 Å². The van der Waals surface area contributed by atoms with Crippen molar-refractivity contribution in [2.45, 2.75) is 64.7 Å². The van der Waals surface area contributed by atoms with Gasteiger partial charge in [0.25, 0.3) is 0 Å². The number of carbonyl (C=O) groups is 1. The van der Waals surface area contributed by atoms with Gasteiger partial charge in [-0.2, -0.15) is 0 Å². The van der Waals surface area contributed by atoms with E-state index >= 15 is 0 Å². The lowest BCUT2D eigenvalue weighted by Gasteiger charge is -2.03. The van der Waals surface area contributed by atoms with Crippen molar-refractivity contribution >= 4 is 5.91 Å². The van der Waals surface area contributed by atoms with Crippen LogP contribution < -0.4 is 10.6 Å². The van der Waals surface area contributed by atoms with Gasteiger partial charge in [-0.3, -0.25) is 4.79 Å². The van der Waals surface area contributed by atoms with Crippen LogP contribution in [0.5, 0.6) is 0 Å². The third-order valence-electron chi connectivity index (χ3n) is 2.98. The zero-order chi connectivity index (χ0) is 12.8. The molecule has 0 aromatic rings. The van der Waals surface area contributed by atoms with Crippen LogP contribution in [0.3, 0.4) is 0 Å². The Bertz CT molecular complexity index is 172. The molecule has 0 aromatic carbocycles. The topological polar surface area (TPSA) is 41.1 Å². The molecule has 0 aromatic heterocycles. The second-order valence-corrected chi connectivity index (χ2v) is 4.77. The standard InChI is InChI=1S/C14H30N2O/c1-14(17)16-13-11-9-7-5-3-4-6-8-10-12-15-2/h15H,3-13H2,1-2H3,(H,16,17). The molecule has 0 aliphatic carbocycles. The van der Waals surface area contributed by atoms with E-state index < -0.39 is 0 Å². The van der Waals surface area contributed by atoms with E-state index in [-0.39, 0.29) is 5.91 Å². The summed E-state index contributed by atoms with van der Waals surface area (Å²) in [6.07, 6.45) is 11.9. The maximum absolute atomic E-state index is 10.6. The Morgan fingerprint density at radius 1 is 0.765 bits per heavy atom. The molecule has 0 saturated heterocycles. The van der Waals surface area contributed by atoms with E-state index in [0.717, 1.165) is 19.5 Å². The van der Waals surface area contributed by atoms with Crippen molar-refractivity contribution in [3.05, 3.63) is 0 Å². The third kappa shape index (κ3) is 15.4. The van der Waals surface area contributed by atoms with Crippen LogP contribution >= 0.6 is 0 Å². The largest absolute Gasteiger partial charge is 0.356 e. The van der Waals surface area contributed by atoms with E-state index in [9.17, 15) is 4.79 Å². The van der Waals surface area contributed by atoms with Gasteiger partial charge in [-0.25, -0.2) is 0 Å². The predicted octanol–water partition coefficient (Wildman–Crippen LogP) is 2.85. The molecule has 0 bridgehead atoms. The van der Waals surface area contributed by atoms with Gasteiger partial charge in [-0.05, 0) is 26.4 Å². The first-order chi connectivity index (χ1) is 8.27. The van der Waals surface area contributed by atoms with Crippen LogP contribution in [0.4, 0.5) is 0 Å². The fraction of sp³-hybridized carbons (Fsp3) is 0.929. The summed E-state index contributed by atoms with van der Waals surface area (Å²) in [5.74, 6) is 0.0894. The minimum atomic E-state index is 0.0894. The molecule has 0 atom stereocenters. The van der Waals surface area contributed by atoms with Crippen LogP contribution in [-0.4, -0.2) is 26.0 Å². The van der Waals surface area contributed by atoms with Gasteiger partial charge < -0.3 is 10.6 Å². The minimum Gasteiger partial charge on any atom is -0.356 e. The molecule has 0 fully saturated rings. The lowest BCUT2D eigenvalue weighted by atomic mass is 10.1. The summed E-state index contributed by atoms with van der Waals surface area (Å²) in [5, 5.41) is 6.01. The fourth-order valence-corrected chi connectivity index (χ4v) is 1.93. The first kappa shape index (κ1) is 16.4. The van der Waals surface area contributed by atoms with Crippen LogP contribution in [-0.2, 0) is 4.79 Å². The molecule has 0 unspecified atom stereocenters. The third-order valence-corrected chi connectivity index (χ3v) is 2.98. The van der Waals surface area contributed by atoms with E-state index in [1.54, 1.807) is 6.92 Å².